The quantitative estimate of drug-likeness (QED) is 0.453. The Bertz CT molecular complexity index is 1260. The van der Waals surface area contributed by atoms with Gasteiger partial charge in [-0.1, -0.05) is 48.5 Å². The highest BCUT2D eigenvalue weighted by atomic mass is 16.5. The van der Waals surface area contributed by atoms with Crippen molar-refractivity contribution in [2.24, 2.45) is 0 Å². The van der Waals surface area contributed by atoms with Crippen LogP contribution >= 0.6 is 0 Å². The minimum Gasteiger partial charge on any atom is -0.381 e. The van der Waals surface area contributed by atoms with Crippen LogP contribution in [0.2, 0.25) is 0 Å². The molecule has 1 saturated heterocycles. The molecule has 160 valence electrons. The summed E-state index contributed by atoms with van der Waals surface area (Å²) in [4.78, 5) is 17.6. The van der Waals surface area contributed by atoms with Gasteiger partial charge in [-0.3, -0.25) is 9.78 Å². The lowest BCUT2D eigenvalue weighted by atomic mass is 9.95. The van der Waals surface area contributed by atoms with Crippen molar-refractivity contribution < 1.29 is 9.53 Å². The predicted molar refractivity (Wildman–Crippen MR) is 129 cm³/mol. The van der Waals surface area contributed by atoms with Gasteiger partial charge in [-0.25, -0.2) is 0 Å². The van der Waals surface area contributed by atoms with Gasteiger partial charge in [0.05, 0.1) is 5.52 Å². The van der Waals surface area contributed by atoms with Crippen molar-refractivity contribution in [1.29, 1.82) is 0 Å². The van der Waals surface area contributed by atoms with E-state index in [2.05, 4.69) is 59.9 Å². The number of carbonyl (C=O) groups is 1. The predicted octanol–water partition coefficient (Wildman–Crippen LogP) is 5.79. The van der Waals surface area contributed by atoms with E-state index in [-0.39, 0.29) is 11.9 Å². The van der Waals surface area contributed by atoms with Gasteiger partial charge in [0.15, 0.2) is 0 Å². The molecule has 1 aromatic heterocycles. The van der Waals surface area contributed by atoms with E-state index in [0.717, 1.165) is 40.6 Å². The average molecular weight is 423 g/mol. The summed E-state index contributed by atoms with van der Waals surface area (Å²) in [6.07, 6.45) is 1.72. The third-order valence-corrected chi connectivity index (χ3v) is 6.04. The summed E-state index contributed by atoms with van der Waals surface area (Å²) in [5, 5.41) is 4.15. The van der Waals surface area contributed by atoms with Gasteiger partial charge >= 0.3 is 0 Å². The zero-order valence-corrected chi connectivity index (χ0v) is 18.2. The molecule has 0 aliphatic carbocycles. The first kappa shape index (κ1) is 20.4. The number of fused-ring (bicyclic) bond motifs is 1. The maximum atomic E-state index is 12.9. The Hall–Kier alpha value is -3.50. The fourth-order valence-corrected chi connectivity index (χ4v) is 4.35. The Morgan fingerprint density at radius 3 is 2.44 bits per heavy atom. The Morgan fingerprint density at radius 1 is 0.875 bits per heavy atom. The third-order valence-electron chi connectivity index (χ3n) is 6.04. The molecule has 0 atom stereocenters. The molecule has 1 fully saturated rings. The number of carbonyl (C=O) groups excluding carboxylic acids is 1. The fraction of sp³-hybridized carbons (Fsp3) is 0.214. The SMILES string of the molecule is Cc1cc(-c2cccc(-c3ccccc3)c2)c2cc(C(=O)NC3CCOCC3)ccc2n1. The summed E-state index contributed by atoms with van der Waals surface area (Å²) in [7, 11) is 0. The number of aromatic nitrogens is 1. The Morgan fingerprint density at radius 2 is 1.62 bits per heavy atom. The van der Waals surface area contributed by atoms with Crippen LogP contribution in [0, 0.1) is 6.92 Å². The van der Waals surface area contributed by atoms with Gasteiger partial charge in [-0.05, 0) is 72.4 Å². The van der Waals surface area contributed by atoms with Gasteiger partial charge in [0.2, 0.25) is 0 Å². The highest BCUT2D eigenvalue weighted by Gasteiger charge is 2.18. The number of rotatable bonds is 4. The number of hydrogen-bond donors (Lipinski definition) is 1. The third kappa shape index (κ3) is 4.27. The van der Waals surface area contributed by atoms with Crippen molar-refractivity contribution in [2.45, 2.75) is 25.8 Å². The lowest BCUT2D eigenvalue weighted by Crippen LogP contribution is -2.38. The lowest BCUT2D eigenvalue weighted by molar-refractivity contribution is 0.0696. The molecule has 1 N–H and O–H groups in total. The molecule has 0 unspecified atom stereocenters. The van der Waals surface area contributed by atoms with Crippen LogP contribution in [-0.4, -0.2) is 30.1 Å². The number of aryl methyl sites for hydroxylation is 1. The minimum absolute atomic E-state index is 0.0386. The summed E-state index contributed by atoms with van der Waals surface area (Å²) >= 11 is 0. The average Bonchev–Trinajstić information content (AvgIpc) is 2.84. The smallest absolute Gasteiger partial charge is 0.251 e. The van der Waals surface area contributed by atoms with Gasteiger partial charge in [-0.2, -0.15) is 0 Å². The standard InChI is InChI=1S/C28H26N2O2/c1-19-16-25(22-9-5-8-21(17-22)20-6-3-2-4-7-20)26-18-23(10-11-27(26)29-19)28(31)30-24-12-14-32-15-13-24/h2-11,16-18,24H,12-15H2,1H3,(H,30,31). The summed E-state index contributed by atoms with van der Waals surface area (Å²) in [6.45, 7) is 3.41. The van der Waals surface area contributed by atoms with Crippen LogP contribution < -0.4 is 5.32 Å². The molecule has 0 bridgehead atoms. The van der Waals surface area contributed by atoms with E-state index in [1.165, 1.54) is 11.1 Å². The normalized spacial score (nSPS) is 14.4. The summed E-state index contributed by atoms with van der Waals surface area (Å²) in [6, 6.07) is 27.0. The number of pyridine rings is 1. The number of benzene rings is 3. The molecule has 32 heavy (non-hydrogen) atoms. The van der Waals surface area contributed by atoms with Crippen LogP contribution in [0.1, 0.15) is 28.9 Å². The van der Waals surface area contributed by atoms with E-state index in [4.69, 9.17) is 9.72 Å². The highest BCUT2D eigenvalue weighted by molar-refractivity contribution is 6.02. The molecule has 5 rings (SSSR count). The van der Waals surface area contributed by atoms with Crippen LogP contribution in [0.3, 0.4) is 0 Å². The van der Waals surface area contributed by atoms with Crippen molar-refractivity contribution in [2.75, 3.05) is 13.2 Å². The molecular weight excluding hydrogens is 396 g/mol. The van der Waals surface area contributed by atoms with Crippen molar-refractivity contribution in [3.8, 4) is 22.3 Å². The maximum Gasteiger partial charge on any atom is 0.251 e. The first-order valence-corrected chi connectivity index (χ1v) is 11.1. The molecule has 4 nitrogen and oxygen atoms in total. The minimum atomic E-state index is -0.0386. The topological polar surface area (TPSA) is 51.2 Å². The number of ether oxygens (including phenoxy) is 1. The van der Waals surface area contributed by atoms with Gasteiger partial charge in [0.1, 0.15) is 0 Å². The van der Waals surface area contributed by atoms with Gasteiger partial charge < -0.3 is 10.1 Å². The van der Waals surface area contributed by atoms with Crippen LogP contribution in [0.25, 0.3) is 33.2 Å². The van der Waals surface area contributed by atoms with Gasteiger partial charge in [0.25, 0.3) is 5.91 Å². The molecule has 4 aromatic rings. The molecule has 0 spiro atoms. The Balaban J connectivity index is 1.54. The van der Waals surface area contributed by atoms with Gasteiger partial charge in [-0.15, -0.1) is 0 Å². The molecule has 2 heterocycles. The van der Waals surface area contributed by atoms with Crippen LogP contribution in [-0.2, 0) is 4.74 Å². The molecule has 1 aliphatic rings. The molecule has 4 heteroatoms. The molecule has 0 radical (unpaired) electrons. The van der Waals surface area contributed by atoms with E-state index in [1.807, 2.05) is 31.2 Å². The van der Waals surface area contributed by atoms with Gasteiger partial charge in [0, 0.05) is 35.9 Å². The Labute approximate surface area is 188 Å². The highest BCUT2D eigenvalue weighted by Crippen LogP contribution is 2.32. The number of nitrogens with zero attached hydrogens (tertiary/aromatic N) is 1. The summed E-state index contributed by atoms with van der Waals surface area (Å²) in [5.41, 5.74) is 7.06. The Kier molecular flexibility index (Phi) is 5.70. The van der Waals surface area contributed by atoms with E-state index in [9.17, 15) is 4.79 Å². The second-order valence-electron chi connectivity index (χ2n) is 8.35. The monoisotopic (exact) mass is 422 g/mol. The second kappa shape index (κ2) is 8.93. The number of hydrogen-bond acceptors (Lipinski definition) is 3. The molecule has 1 amide bonds. The van der Waals surface area contributed by atoms with E-state index >= 15 is 0 Å². The second-order valence-corrected chi connectivity index (χ2v) is 8.35. The van der Waals surface area contributed by atoms with E-state index < -0.39 is 0 Å². The molecule has 1 aliphatic heterocycles. The number of amides is 1. The van der Waals surface area contributed by atoms with Crippen molar-refractivity contribution >= 4 is 16.8 Å². The largest absolute Gasteiger partial charge is 0.381 e. The lowest BCUT2D eigenvalue weighted by Gasteiger charge is -2.23. The number of nitrogens with one attached hydrogen (secondary N) is 1. The van der Waals surface area contributed by atoms with Crippen molar-refractivity contribution in [3.05, 3.63) is 90.1 Å². The van der Waals surface area contributed by atoms with Crippen LogP contribution in [0.4, 0.5) is 0 Å². The van der Waals surface area contributed by atoms with Crippen molar-refractivity contribution in [1.82, 2.24) is 10.3 Å². The summed E-state index contributed by atoms with van der Waals surface area (Å²) < 4.78 is 5.40. The first-order chi connectivity index (χ1) is 15.7. The fourth-order valence-electron chi connectivity index (χ4n) is 4.35. The van der Waals surface area contributed by atoms with E-state index in [1.54, 1.807) is 0 Å². The van der Waals surface area contributed by atoms with E-state index in [0.29, 0.717) is 18.8 Å². The van der Waals surface area contributed by atoms with Crippen molar-refractivity contribution in [3.63, 3.8) is 0 Å². The molecule has 0 saturated carbocycles. The van der Waals surface area contributed by atoms with Crippen LogP contribution in [0.15, 0.2) is 78.9 Å². The molecular formula is C28H26N2O2. The molecule has 3 aromatic carbocycles. The first-order valence-electron chi connectivity index (χ1n) is 11.1. The zero-order valence-electron chi connectivity index (χ0n) is 18.2. The maximum absolute atomic E-state index is 12.9. The summed E-state index contributed by atoms with van der Waals surface area (Å²) in [5.74, 6) is -0.0386. The van der Waals surface area contributed by atoms with Crippen LogP contribution in [0.5, 0.6) is 0 Å². The zero-order chi connectivity index (χ0) is 21.9.